The van der Waals surface area contributed by atoms with E-state index in [0.29, 0.717) is 18.1 Å². The molecule has 2 rings (SSSR count). The van der Waals surface area contributed by atoms with Gasteiger partial charge in [0.2, 0.25) is 0 Å². The predicted molar refractivity (Wildman–Crippen MR) is 64.6 cm³/mol. The molecule has 0 amide bonds. The Morgan fingerprint density at radius 3 is 3.00 bits per heavy atom. The van der Waals surface area contributed by atoms with Crippen LogP contribution < -0.4 is 5.32 Å². The van der Waals surface area contributed by atoms with Crippen LogP contribution in [0.2, 0.25) is 0 Å². The molecule has 94 valence electrons. The Labute approximate surface area is 98.9 Å². The molecule has 0 aromatic heterocycles. The largest absolute Gasteiger partial charge is 0.381 e. The lowest BCUT2D eigenvalue weighted by Gasteiger charge is -2.22. The van der Waals surface area contributed by atoms with Crippen LogP contribution in [0.25, 0.3) is 0 Å². The molecule has 2 aliphatic rings. The van der Waals surface area contributed by atoms with E-state index in [-0.39, 0.29) is 0 Å². The summed E-state index contributed by atoms with van der Waals surface area (Å²) in [6.45, 7) is 6.07. The van der Waals surface area contributed by atoms with Gasteiger partial charge in [-0.25, -0.2) is 0 Å². The summed E-state index contributed by atoms with van der Waals surface area (Å²) in [5.41, 5.74) is 0. The lowest BCUT2D eigenvalue weighted by molar-refractivity contribution is 0.0156. The third-order valence-corrected chi connectivity index (χ3v) is 3.68. The van der Waals surface area contributed by atoms with Gasteiger partial charge in [0.05, 0.1) is 19.3 Å². The quantitative estimate of drug-likeness (QED) is 0.752. The number of rotatable bonds is 6. The first-order chi connectivity index (χ1) is 7.90. The molecular formula is C13H25NO2. The van der Waals surface area contributed by atoms with E-state index in [0.717, 1.165) is 26.4 Å². The Kier molecular flexibility index (Phi) is 5.07. The van der Waals surface area contributed by atoms with Gasteiger partial charge in [0.1, 0.15) is 0 Å². The molecule has 0 spiro atoms. The molecule has 3 unspecified atom stereocenters. The maximum Gasteiger partial charge on any atom is 0.0728 e. The first-order valence-electron chi connectivity index (χ1n) is 6.83. The molecule has 1 saturated heterocycles. The minimum atomic E-state index is 0.451. The first-order valence-corrected chi connectivity index (χ1v) is 6.83. The number of nitrogens with one attached hydrogen (secondary N) is 1. The molecule has 0 bridgehead atoms. The summed E-state index contributed by atoms with van der Waals surface area (Å²) in [6, 6.07) is 0.599. The van der Waals surface area contributed by atoms with Gasteiger partial charge in [0.15, 0.2) is 0 Å². The molecule has 0 aromatic rings. The van der Waals surface area contributed by atoms with Crippen LogP contribution in [0.4, 0.5) is 0 Å². The zero-order valence-electron chi connectivity index (χ0n) is 10.4. The van der Waals surface area contributed by atoms with Gasteiger partial charge in [-0.05, 0) is 38.6 Å². The van der Waals surface area contributed by atoms with Crippen molar-refractivity contribution in [1.82, 2.24) is 5.32 Å². The molecule has 1 aliphatic carbocycles. The fourth-order valence-electron chi connectivity index (χ4n) is 2.66. The second-order valence-corrected chi connectivity index (χ2v) is 5.09. The van der Waals surface area contributed by atoms with E-state index in [9.17, 15) is 0 Å². The van der Waals surface area contributed by atoms with Crippen molar-refractivity contribution in [2.45, 2.75) is 51.2 Å². The maximum atomic E-state index is 6.05. The molecule has 0 aromatic carbocycles. The fourth-order valence-corrected chi connectivity index (χ4v) is 2.66. The lowest BCUT2D eigenvalue weighted by Crippen LogP contribution is -2.38. The van der Waals surface area contributed by atoms with Crippen LogP contribution in [0.1, 0.15) is 39.0 Å². The van der Waals surface area contributed by atoms with Crippen LogP contribution in [0.3, 0.4) is 0 Å². The standard InChI is InChI=1S/C13H25NO2/c1-2-7-14-12-4-3-5-13(12)16-10-11-6-8-15-9-11/h11-14H,2-10H2,1H3. The Morgan fingerprint density at radius 2 is 2.25 bits per heavy atom. The van der Waals surface area contributed by atoms with Gasteiger partial charge in [0.25, 0.3) is 0 Å². The molecule has 2 fully saturated rings. The SMILES string of the molecule is CCCNC1CCCC1OCC1CCOC1. The molecule has 1 heterocycles. The normalized spacial score (nSPS) is 34.7. The molecule has 0 radical (unpaired) electrons. The van der Waals surface area contributed by atoms with Crippen LogP contribution >= 0.6 is 0 Å². The molecule has 1 N–H and O–H groups in total. The van der Waals surface area contributed by atoms with Crippen molar-refractivity contribution in [3.05, 3.63) is 0 Å². The Hall–Kier alpha value is -0.120. The van der Waals surface area contributed by atoms with Crippen molar-refractivity contribution in [2.75, 3.05) is 26.4 Å². The van der Waals surface area contributed by atoms with Crippen LogP contribution in [0.15, 0.2) is 0 Å². The molecule has 1 aliphatic heterocycles. The molecule has 3 atom stereocenters. The zero-order chi connectivity index (χ0) is 11.2. The second kappa shape index (κ2) is 6.58. The lowest BCUT2D eigenvalue weighted by atomic mass is 10.1. The molecule has 3 heteroatoms. The summed E-state index contributed by atoms with van der Waals surface area (Å²) in [6.07, 6.45) is 6.67. The minimum absolute atomic E-state index is 0.451. The van der Waals surface area contributed by atoms with Gasteiger partial charge < -0.3 is 14.8 Å². The zero-order valence-corrected chi connectivity index (χ0v) is 10.4. The average molecular weight is 227 g/mol. The van der Waals surface area contributed by atoms with Crippen molar-refractivity contribution in [2.24, 2.45) is 5.92 Å². The second-order valence-electron chi connectivity index (χ2n) is 5.09. The van der Waals surface area contributed by atoms with Crippen LogP contribution in [0, 0.1) is 5.92 Å². The Bertz CT molecular complexity index is 192. The topological polar surface area (TPSA) is 30.5 Å². The summed E-state index contributed by atoms with van der Waals surface area (Å²) in [4.78, 5) is 0. The van der Waals surface area contributed by atoms with E-state index in [1.807, 2.05) is 0 Å². The van der Waals surface area contributed by atoms with Gasteiger partial charge >= 0.3 is 0 Å². The summed E-state index contributed by atoms with van der Waals surface area (Å²) in [7, 11) is 0. The average Bonchev–Trinajstić information content (AvgIpc) is 2.94. The molecule has 16 heavy (non-hydrogen) atoms. The van der Waals surface area contributed by atoms with Crippen LogP contribution in [-0.2, 0) is 9.47 Å². The van der Waals surface area contributed by atoms with Gasteiger partial charge in [-0.2, -0.15) is 0 Å². The van der Waals surface area contributed by atoms with E-state index in [1.165, 1.54) is 32.1 Å². The molecule has 3 nitrogen and oxygen atoms in total. The van der Waals surface area contributed by atoms with Crippen molar-refractivity contribution in [3.63, 3.8) is 0 Å². The third-order valence-electron chi connectivity index (χ3n) is 3.68. The van der Waals surface area contributed by atoms with E-state index in [4.69, 9.17) is 9.47 Å². The number of hydrogen-bond donors (Lipinski definition) is 1. The number of hydrogen-bond acceptors (Lipinski definition) is 3. The van der Waals surface area contributed by atoms with E-state index < -0.39 is 0 Å². The van der Waals surface area contributed by atoms with E-state index in [1.54, 1.807) is 0 Å². The number of ether oxygens (including phenoxy) is 2. The summed E-state index contributed by atoms with van der Waals surface area (Å²) < 4.78 is 11.4. The molecule has 1 saturated carbocycles. The van der Waals surface area contributed by atoms with Crippen molar-refractivity contribution >= 4 is 0 Å². The van der Waals surface area contributed by atoms with Crippen molar-refractivity contribution < 1.29 is 9.47 Å². The summed E-state index contributed by atoms with van der Waals surface area (Å²) in [5, 5.41) is 3.60. The predicted octanol–water partition coefficient (Wildman–Crippen LogP) is 1.96. The summed E-state index contributed by atoms with van der Waals surface area (Å²) >= 11 is 0. The van der Waals surface area contributed by atoms with Gasteiger partial charge in [-0.15, -0.1) is 0 Å². The maximum absolute atomic E-state index is 6.05. The highest BCUT2D eigenvalue weighted by atomic mass is 16.5. The van der Waals surface area contributed by atoms with Crippen LogP contribution in [0.5, 0.6) is 0 Å². The molecular weight excluding hydrogens is 202 g/mol. The van der Waals surface area contributed by atoms with E-state index in [2.05, 4.69) is 12.2 Å². The highest BCUT2D eigenvalue weighted by molar-refractivity contribution is 4.84. The first kappa shape index (κ1) is 12.3. The van der Waals surface area contributed by atoms with E-state index >= 15 is 0 Å². The summed E-state index contributed by atoms with van der Waals surface area (Å²) in [5.74, 6) is 0.646. The van der Waals surface area contributed by atoms with Crippen molar-refractivity contribution in [1.29, 1.82) is 0 Å². The van der Waals surface area contributed by atoms with Crippen molar-refractivity contribution in [3.8, 4) is 0 Å². The minimum Gasteiger partial charge on any atom is -0.381 e. The van der Waals surface area contributed by atoms with Gasteiger partial charge in [0, 0.05) is 18.6 Å². The monoisotopic (exact) mass is 227 g/mol. The fraction of sp³-hybridized carbons (Fsp3) is 1.00. The smallest absolute Gasteiger partial charge is 0.0728 e. The van der Waals surface area contributed by atoms with Gasteiger partial charge in [-0.3, -0.25) is 0 Å². The Balaban J connectivity index is 1.66. The third kappa shape index (κ3) is 3.44. The van der Waals surface area contributed by atoms with Gasteiger partial charge in [-0.1, -0.05) is 6.92 Å². The highest BCUT2D eigenvalue weighted by Gasteiger charge is 2.28. The Morgan fingerprint density at radius 1 is 1.31 bits per heavy atom. The van der Waals surface area contributed by atoms with Crippen LogP contribution in [-0.4, -0.2) is 38.5 Å². The highest BCUT2D eigenvalue weighted by Crippen LogP contribution is 2.24.